The summed E-state index contributed by atoms with van der Waals surface area (Å²) in [6.07, 6.45) is 8.02. The average molecular weight is 373 g/mol. The zero-order chi connectivity index (χ0) is 18.6. The molecule has 27 heavy (non-hydrogen) atoms. The lowest BCUT2D eigenvalue weighted by Gasteiger charge is -2.69. The van der Waals surface area contributed by atoms with Crippen LogP contribution < -0.4 is 0 Å². The summed E-state index contributed by atoms with van der Waals surface area (Å²) in [7, 11) is 0. The number of hydrogen-bond acceptors (Lipinski definition) is 4. The summed E-state index contributed by atoms with van der Waals surface area (Å²) in [6, 6.07) is 6.58. The standard InChI is InChI=1S/C23H32O4/c1-15-5-6-19(9-16(15)2)23(25-8-4-3-7-24)22(26-27-23)20-11-17-10-18(13-20)14-21(22)12-17/h5-6,9,17-18,20-21,24H,3-4,7-8,10-14H2,1-2H3. The quantitative estimate of drug-likeness (QED) is 0.594. The molecule has 5 fully saturated rings. The molecule has 1 heterocycles. The normalized spacial score (nSPS) is 41.9. The van der Waals surface area contributed by atoms with Crippen LogP contribution in [0.5, 0.6) is 0 Å². The number of benzene rings is 1. The summed E-state index contributed by atoms with van der Waals surface area (Å²) < 4.78 is 6.57. The molecule has 1 aromatic rings. The summed E-state index contributed by atoms with van der Waals surface area (Å²) in [5, 5.41) is 9.15. The molecule has 1 aromatic carbocycles. The van der Waals surface area contributed by atoms with E-state index in [9.17, 15) is 0 Å². The minimum absolute atomic E-state index is 0.205. The number of hydrogen-bond donors (Lipinski definition) is 1. The maximum absolute atomic E-state index is 9.15. The molecule has 1 spiro atoms. The zero-order valence-electron chi connectivity index (χ0n) is 16.6. The van der Waals surface area contributed by atoms with E-state index in [0.717, 1.165) is 30.2 Å². The lowest BCUT2D eigenvalue weighted by molar-refractivity contribution is -0.648. The van der Waals surface area contributed by atoms with Crippen LogP contribution in [0.1, 0.15) is 61.6 Å². The third-order valence-corrected chi connectivity index (χ3v) is 7.91. The van der Waals surface area contributed by atoms with E-state index in [1.165, 1.54) is 43.2 Å². The molecule has 5 aliphatic rings. The van der Waals surface area contributed by atoms with Gasteiger partial charge in [-0.2, -0.15) is 4.89 Å². The SMILES string of the molecule is Cc1ccc(C2(OCCCCO)OOC23C2CC4CC(C2)CC3C4)cc1C. The van der Waals surface area contributed by atoms with Crippen molar-refractivity contribution < 1.29 is 19.6 Å². The molecule has 6 rings (SSSR count). The second kappa shape index (κ2) is 6.55. The second-order valence-corrected chi connectivity index (χ2v) is 9.46. The fourth-order valence-corrected chi connectivity index (χ4v) is 6.64. The van der Waals surface area contributed by atoms with Gasteiger partial charge in [0.15, 0.2) is 5.60 Å². The summed E-state index contributed by atoms with van der Waals surface area (Å²) in [5.74, 6) is 2.01. The van der Waals surface area contributed by atoms with Crippen molar-refractivity contribution in [3.8, 4) is 0 Å². The highest BCUT2D eigenvalue weighted by atomic mass is 17.3. The van der Waals surface area contributed by atoms with Crippen molar-refractivity contribution in [3.05, 3.63) is 34.9 Å². The molecule has 1 saturated heterocycles. The lowest BCUT2D eigenvalue weighted by Crippen LogP contribution is -2.76. The molecule has 148 valence electrons. The fraction of sp³-hybridized carbons (Fsp3) is 0.739. The van der Waals surface area contributed by atoms with Crippen molar-refractivity contribution in [2.45, 2.75) is 70.2 Å². The van der Waals surface area contributed by atoms with Crippen molar-refractivity contribution in [2.75, 3.05) is 13.2 Å². The van der Waals surface area contributed by atoms with Crippen LogP contribution in [0.3, 0.4) is 0 Å². The summed E-state index contributed by atoms with van der Waals surface area (Å²) in [5.41, 5.74) is 3.32. The first-order chi connectivity index (χ1) is 13.1. The Morgan fingerprint density at radius 3 is 2.22 bits per heavy atom. The predicted octanol–water partition coefficient (Wildman–Crippen LogP) is 4.40. The molecule has 0 amide bonds. The van der Waals surface area contributed by atoms with Crippen LogP contribution in [-0.4, -0.2) is 23.9 Å². The minimum Gasteiger partial charge on any atom is -0.396 e. The van der Waals surface area contributed by atoms with Crippen molar-refractivity contribution in [1.29, 1.82) is 0 Å². The van der Waals surface area contributed by atoms with E-state index in [0.29, 0.717) is 18.4 Å². The molecule has 1 N–H and O–H groups in total. The molecule has 4 aliphatic carbocycles. The molecule has 4 heteroatoms. The first-order valence-corrected chi connectivity index (χ1v) is 10.8. The highest BCUT2D eigenvalue weighted by molar-refractivity contribution is 5.36. The monoisotopic (exact) mass is 372 g/mol. The molecule has 4 nitrogen and oxygen atoms in total. The van der Waals surface area contributed by atoms with Gasteiger partial charge < -0.3 is 9.84 Å². The van der Waals surface area contributed by atoms with Crippen LogP contribution in [0.25, 0.3) is 0 Å². The largest absolute Gasteiger partial charge is 0.396 e. The van der Waals surface area contributed by atoms with Crippen LogP contribution >= 0.6 is 0 Å². The average Bonchev–Trinajstić information content (AvgIpc) is 2.63. The van der Waals surface area contributed by atoms with Crippen molar-refractivity contribution in [1.82, 2.24) is 0 Å². The number of aliphatic hydroxyl groups is 1. The van der Waals surface area contributed by atoms with Gasteiger partial charge in [0.2, 0.25) is 0 Å². The summed E-state index contributed by atoms with van der Waals surface area (Å²) in [4.78, 5) is 12.1. The maximum Gasteiger partial charge on any atom is 0.260 e. The Kier molecular flexibility index (Phi) is 4.39. The highest BCUT2D eigenvalue weighted by Gasteiger charge is 2.76. The van der Waals surface area contributed by atoms with E-state index < -0.39 is 5.79 Å². The van der Waals surface area contributed by atoms with Gasteiger partial charge in [-0.25, -0.2) is 4.89 Å². The van der Waals surface area contributed by atoms with Crippen molar-refractivity contribution in [2.24, 2.45) is 23.7 Å². The zero-order valence-corrected chi connectivity index (χ0v) is 16.6. The third-order valence-electron chi connectivity index (χ3n) is 7.91. The molecule has 4 saturated carbocycles. The van der Waals surface area contributed by atoms with Crippen LogP contribution in [0.4, 0.5) is 0 Å². The Balaban J connectivity index is 1.53. The lowest BCUT2D eigenvalue weighted by atomic mass is 9.47. The molecule has 0 radical (unpaired) electrons. The fourth-order valence-electron chi connectivity index (χ4n) is 6.64. The van der Waals surface area contributed by atoms with Gasteiger partial charge in [-0.05, 0) is 93.6 Å². The summed E-state index contributed by atoms with van der Waals surface area (Å²) >= 11 is 0. The van der Waals surface area contributed by atoms with E-state index in [2.05, 4.69) is 32.0 Å². The Bertz CT molecular complexity index is 686. The summed E-state index contributed by atoms with van der Waals surface area (Å²) in [6.45, 7) is 5.09. The van der Waals surface area contributed by atoms with Gasteiger partial charge >= 0.3 is 0 Å². The first-order valence-electron chi connectivity index (χ1n) is 10.8. The second-order valence-electron chi connectivity index (χ2n) is 9.46. The molecule has 1 atom stereocenters. The van der Waals surface area contributed by atoms with Crippen molar-refractivity contribution >= 4 is 0 Å². The molecule has 1 unspecified atom stereocenters. The Hall–Kier alpha value is -0.940. The number of rotatable bonds is 6. The van der Waals surface area contributed by atoms with Gasteiger partial charge in [0.05, 0.1) is 6.61 Å². The topological polar surface area (TPSA) is 47.9 Å². The minimum atomic E-state index is -0.788. The van der Waals surface area contributed by atoms with Crippen LogP contribution in [0.15, 0.2) is 18.2 Å². The Morgan fingerprint density at radius 1 is 0.963 bits per heavy atom. The van der Waals surface area contributed by atoms with E-state index in [4.69, 9.17) is 19.6 Å². The van der Waals surface area contributed by atoms with Gasteiger partial charge in [-0.3, -0.25) is 0 Å². The molecule has 4 bridgehead atoms. The Morgan fingerprint density at radius 2 is 1.67 bits per heavy atom. The van der Waals surface area contributed by atoms with E-state index >= 15 is 0 Å². The van der Waals surface area contributed by atoms with Crippen LogP contribution in [0, 0.1) is 37.5 Å². The van der Waals surface area contributed by atoms with Gasteiger partial charge in [0.1, 0.15) is 0 Å². The smallest absolute Gasteiger partial charge is 0.260 e. The predicted molar refractivity (Wildman–Crippen MR) is 102 cm³/mol. The Labute approximate surface area is 162 Å². The molecular weight excluding hydrogens is 340 g/mol. The first kappa shape index (κ1) is 18.1. The highest BCUT2D eigenvalue weighted by Crippen LogP contribution is 2.69. The molecular formula is C23H32O4. The number of aryl methyl sites for hydroxylation is 2. The number of aliphatic hydroxyl groups excluding tert-OH is 1. The van der Waals surface area contributed by atoms with Crippen molar-refractivity contribution in [3.63, 3.8) is 0 Å². The van der Waals surface area contributed by atoms with Crippen LogP contribution in [-0.2, 0) is 20.3 Å². The van der Waals surface area contributed by atoms with Crippen LogP contribution in [0.2, 0.25) is 0 Å². The molecule has 0 aromatic heterocycles. The van der Waals surface area contributed by atoms with E-state index in [1.54, 1.807) is 0 Å². The maximum atomic E-state index is 9.15. The number of ether oxygens (including phenoxy) is 1. The van der Waals surface area contributed by atoms with Gasteiger partial charge in [-0.15, -0.1) is 0 Å². The van der Waals surface area contributed by atoms with E-state index in [-0.39, 0.29) is 12.2 Å². The molecule has 1 aliphatic heterocycles. The van der Waals surface area contributed by atoms with Gasteiger partial charge in [-0.1, -0.05) is 18.2 Å². The third kappa shape index (κ3) is 2.50. The number of unbranched alkanes of at least 4 members (excludes halogenated alkanes) is 1. The van der Waals surface area contributed by atoms with Gasteiger partial charge in [0.25, 0.3) is 5.79 Å². The van der Waals surface area contributed by atoms with Gasteiger partial charge in [0, 0.05) is 12.2 Å². The van der Waals surface area contributed by atoms with E-state index in [1.807, 2.05) is 0 Å².